The van der Waals surface area contributed by atoms with Crippen LogP contribution in [-0.4, -0.2) is 110 Å². The van der Waals surface area contributed by atoms with E-state index in [-0.39, 0.29) is 43.5 Å². The number of hydrogen-bond acceptors (Lipinski definition) is 8. The Kier molecular flexibility index (Phi) is 12.6. The van der Waals surface area contributed by atoms with Gasteiger partial charge in [-0.3, -0.25) is 9.59 Å². The van der Waals surface area contributed by atoms with Crippen molar-refractivity contribution in [3.05, 3.63) is 23.8 Å². The van der Waals surface area contributed by atoms with Gasteiger partial charge in [0.2, 0.25) is 5.91 Å². The largest absolute Gasteiger partial charge is 0.493 e. The Hall–Kier alpha value is -2.40. The molecule has 4 atom stereocenters. The summed E-state index contributed by atoms with van der Waals surface area (Å²) in [5, 5.41) is 21.0. The summed E-state index contributed by atoms with van der Waals surface area (Å²) in [4.78, 5) is 30.0. The van der Waals surface area contributed by atoms with Crippen molar-refractivity contribution in [1.29, 1.82) is 0 Å². The molecule has 10 nitrogen and oxygen atoms in total. The van der Waals surface area contributed by atoms with Gasteiger partial charge < -0.3 is 39.0 Å². The third-order valence-corrected chi connectivity index (χ3v) is 6.66. The van der Waals surface area contributed by atoms with Crippen molar-refractivity contribution in [2.24, 2.45) is 5.92 Å². The molecule has 10 heteroatoms. The topological polar surface area (TPSA) is 118 Å². The summed E-state index contributed by atoms with van der Waals surface area (Å²) in [6.07, 6.45) is -1.19. The van der Waals surface area contributed by atoms with Gasteiger partial charge in [-0.2, -0.15) is 0 Å². The van der Waals surface area contributed by atoms with Crippen LogP contribution in [0.5, 0.6) is 11.5 Å². The molecule has 2 N–H and O–H groups in total. The molecule has 0 spiro atoms. The van der Waals surface area contributed by atoms with Gasteiger partial charge in [-0.25, -0.2) is 0 Å². The van der Waals surface area contributed by atoms with E-state index in [0.29, 0.717) is 49.5 Å². The summed E-state index contributed by atoms with van der Waals surface area (Å²) in [6.45, 7) is 6.75. The van der Waals surface area contributed by atoms with Crippen LogP contribution in [0.4, 0.5) is 0 Å². The van der Waals surface area contributed by atoms with Gasteiger partial charge in [-0.15, -0.1) is 0 Å². The van der Waals surface area contributed by atoms with Crippen LogP contribution >= 0.6 is 0 Å². The number of hydrogen-bond donors (Lipinski definition) is 2. The maximum Gasteiger partial charge on any atom is 0.254 e. The van der Waals surface area contributed by atoms with E-state index in [1.54, 1.807) is 30.2 Å². The molecular weight excluding hydrogens is 480 g/mol. The zero-order valence-electron chi connectivity index (χ0n) is 23.0. The van der Waals surface area contributed by atoms with Gasteiger partial charge in [0.1, 0.15) is 18.3 Å². The van der Waals surface area contributed by atoms with Gasteiger partial charge >= 0.3 is 0 Å². The Morgan fingerprint density at radius 1 is 1.08 bits per heavy atom. The molecule has 0 saturated carbocycles. The summed E-state index contributed by atoms with van der Waals surface area (Å²) in [5.41, 5.74) is 0.464. The molecule has 1 saturated heterocycles. The first kappa shape index (κ1) is 30.8. The third kappa shape index (κ3) is 8.84. The average molecular weight is 525 g/mol. The summed E-state index contributed by atoms with van der Waals surface area (Å²) in [6, 6.07) is 4.81. The van der Waals surface area contributed by atoms with Crippen molar-refractivity contribution in [3.8, 4) is 11.5 Å². The first-order valence-electron chi connectivity index (χ1n) is 12.9. The van der Waals surface area contributed by atoms with E-state index in [9.17, 15) is 19.8 Å². The lowest BCUT2D eigenvalue weighted by Gasteiger charge is -2.38. The summed E-state index contributed by atoms with van der Waals surface area (Å²) in [7, 11) is 4.50. The Bertz CT molecular complexity index is 865. The van der Waals surface area contributed by atoms with E-state index in [1.165, 1.54) is 21.1 Å². The molecule has 0 unspecified atom stereocenters. The highest BCUT2D eigenvalue weighted by atomic mass is 16.5. The number of rotatable bonds is 6. The molecule has 0 aromatic heterocycles. The molecule has 2 amide bonds. The van der Waals surface area contributed by atoms with Crippen molar-refractivity contribution in [2.45, 2.75) is 64.4 Å². The fourth-order valence-electron chi connectivity index (χ4n) is 4.59. The monoisotopic (exact) mass is 524 g/mol. The second kappa shape index (κ2) is 15.1. The molecule has 0 aliphatic carbocycles. The Balaban J connectivity index is 2.46. The first-order chi connectivity index (χ1) is 17.6. The second-order valence-electron chi connectivity index (χ2n) is 9.89. The molecule has 1 heterocycles. The van der Waals surface area contributed by atoms with Crippen LogP contribution in [0.25, 0.3) is 0 Å². The van der Waals surface area contributed by atoms with Crippen molar-refractivity contribution >= 4 is 11.8 Å². The molecule has 0 radical (unpaired) electrons. The average Bonchev–Trinajstić information content (AvgIpc) is 2.87. The molecule has 1 aliphatic rings. The van der Waals surface area contributed by atoms with E-state index in [1.807, 2.05) is 4.90 Å². The highest BCUT2D eigenvalue weighted by molar-refractivity contribution is 5.95. The maximum absolute atomic E-state index is 13.9. The molecule has 37 heavy (non-hydrogen) atoms. The van der Waals surface area contributed by atoms with E-state index < -0.39 is 18.3 Å². The van der Waals surface area contributed by atoms with Crippen LogP contribution in [0.2, 0.25) is 0 Å². The smallest absolute Gasteiger partial charge is 0.254 e. The quantitative estimate of drug-likeness (QED) is 0.580. The molecular formula is C27H44N2O8. The fraction of sp³-hybridized carbons (Fsp3) is 0.704. The third-order valence-electron chi connectivity index (χ3n) is 6.66. The zero-order valence-corrected chi connectivity index (χ0v) is 23.0. The molecule has 2 rings (SSSR count). The highest BCUT2D eigenvalue weighted by Gasteiger charge is 2.33. The molecule has 210 valence electrons. The zero-order chi connectivity index (χ0) is 27.5. The number of carbonyl (C=O) groups is 2. The van der Waals surface area contributed by atoms with Gasteiger partial charge in [-0.05, 0) is 43.4 Å². The number of aliphatic hydroxyl groups excluding tert-OH is 2. The van der Waals surface area contributed by atoms with Crippen LogP contribution < -0.4 is 9.47 Å². The lowest BCUT2D eigenvalue weighted by Crippen LogP contribution is -2.53. The predicted molar refractivity (Wildman–Crippen MR) is 139 cm³/mol. The molecule has 1 aromatic rings. The number of ether oxygens (including phenoxy) is 4. The van der Waals surface area contributed by atoms with Crippen molar-refractivity contribution in [3.63, 3.8) is 0 Å². The van der Waals surface area contributed by atoms with Gasteiger partial charge in [-0.1, -0.05) is 13.8 Å². The van der Waals surface area contributed by atoms with Crippen molar-refractivity contribution in [2.75, 3.05) is 54.2 Å². The number of carbonyl (C=O) groups excluding carboxylic acids is 2. The summed E-state index contributed by atoms with van der Waals surface area (Å²) >= 11 is 0. The number of amides is 2. The standard InChI is InChI=1S/C27H44N2O8/c1-18(2)13-21-15-28(19(3)30)16-25(36-6)26(32)22(31)17-37-12-8-7-11-29(21)27(33)20-9-10-23(34-4)24(14-20)35-5/h9-10,14,18,21-22,25-26,31-32H,7-8,11-13,15-17H2,1-6H3/t21-,22+,25+,26+/m0/s1. The number of benzene rings is 1. The normalized spacial score (nSPS) is 24.5. The number of nitrogens with zero attached hydrogens (tertiary/aromatic N) is 2. The van der Waals surface area contributed by atoms with Crippen LogP contribution in [-0.2, 0) is 14.3 Å². The Labute approximate surface area is 220 Å². The SMILES string of the molecule is COc1ccc(C(=O)N2CCCCOC[C@@H](O)[C@@H](O)[C@H](OC)CN(C(C)=O)C[C@@H]2CC(C)C)cc1OC. The minimum atomic E-state index is -1.23. The molecule has 0 bridgehead atoms. The minimum absolute atomic E-state index is 0.0502. The predicted octanol–water partition coefficient (Wildman–Crippen LogP) is 1.96. The van der Waals surface area contributed by atoms with Gasteiger partial charge in [0, 0.05) is 51.9 Å². The lowest BCUT2D eigenvalue weighted by atomic mass is 9.99. The van der Waals surface area contributed by atoms with E-state index in [0.717, 1.165) is 0 Å². The Morgan fingerprint density at radius 3 is 2.38 bits per heavy atom. The van der Waals surface area contributed by atoms with Gasteiger partial charge in [0.15, 0.2) is 11.5 Å². The van der Waals surface area contributed by atoms with E-state index in [2.05, 4.69) is 13.8 Å². The van der Waals surface area contributed by atoms with Gasteiger partial charge in [0.05, 0.1) is 20.8 Å². The van der Waals surface area contributed by atoms with E-state index >= 15 is 0 Å². The van der Waals surface area contributed by atoms with E-state index in [4.69, 9.17) is 18.9 Å². The van der Waals surface area contributed by atoms with Crippen LogP contribution in [0, 0.1) is 5.92 Å². The van der Waals surface area contributed by atoms with Crippen molar-refractivity contribution < 1.29 is 38.7 Å². The second-order valence-corrected chi connectivity index (χ2v) is 9.89. The summed E-state index contributed by atoms with van der Waals surface area (Å²) in [5.74, 6) is 0.878. The van der Waals surface area contributed by atoms with Crippen molar-refractivity contribution in [1.82, 2.24) is 9.80 Å². The van der Waals surface area contributed by atoms with Crippen LogP contribution in [0.3, 0.4) is 0 Å². The van der Waals surface area contributed by atoms with Crippen LogP contribution in [0.15, 0.2) is 18.2 Å². The minimum Gasteiger partial charge on any atom is -0.493 e. The van der Waals surface area contributed by atoms with Crippen LogP contribution in [0.1, 0.15) is 50.4 Å². The highest BCUT2D eigenvalue weighted by Crippen LogP contribution is 2.29. The maximum atomic E-state index is 13.9. The summed E-state index contributed by atoms with van der Waals surface area (Å²) < 4.78 is 21.8. The molecule has 1 aromatic carbocycles. The lowest BCUT2D eigenvalue weighted by molar-refractivity contribution is -0.137. The fourth-order valence-corrected chi connectivity index (χ4v) is 4.59. The number of methoxy groups -OCH3 is 3. The molecule has 1 aliphatic heterocycles. The molecule has 1 fully saturated rings. The van der Waals surface area contributed by atoms with Gasteiger partial charge in [0.25, 0.3) is 5.91 Å². The number of aliphatic hydroxyl groups is 2. The first-order valence-corrected chi connectivity index (χ1v) is 12.9. The Morgan fingerprint density at radius 2 is 1.78 bits per heavy atom.